The van der Waals surface area contributed by atoms with Crippen LogP contribution in [0.2, 0.25) is 0 Å². The fourth-order valence-electron chi connectivity index (χ4n) is 1.11. The topological polar surface area (TPSA) is 117 Å². The SMILES string of the molecule is CCCON=C(C(N)=O)C(=NOCCC)n1cncn1. The van der Waals surface area contributed by atoms with E-state index in [0.29, 0.717) is 13.2 Å². The minimum absolute atomic E-state index is 0.0274. The molecular weight excluding hydrogens is 264 g/mol. The van der Waals surface area contributed by atoms with Gasteiger partial charge in [0.05, 0.1) is 0 Å². The summed E-state index contributed by atoms with van der Waals surface area (Å²) in [6.07, 6.45) is 4.16. The molecular formula is C11H18N6O3. The van der Waals surface area contributed by atoms with E-state index in [0.717, 1.165) is 12.8 Å². The highest BCUT2D eigenvalue weighted by Crippen LogP contribution is 1.95. The molecule has 110 valence electrons. The standard InChI is InChI=1S/C11H18N6O3/c1-3-5-19-15-9(10(12)18)11(16-20-6-4-2)17-8-13-7-14-17/h7-8H,3-6H2,1-2H3,(H2,12,18). The Kier molecular flexibility index (Phi) is 6.72. The van der Waals surface area contributed by atoms with Gasteiger partial charge in [-0.25, -0.2) is 4.98 Å². The molecule has 0 bridgehead atoms. The maximum Gasteiger partial charge on any atom is 0.274 e. The molecule has 0 aliphatic heterocycles. The Hall–Kier alpha value is -2.45. The lowest BCUT2D eigenvalue weighted by Gasteiger charge is -2.06. The molecule has 1 aromatic heterocycles. The van der Waals surface area contributed by atoms with Crippen molar-refractivity contribution >= 4 is 17.5 Å². The van der Waals surface area contributed by atoms with E-state index in [4.69, 9.17) is 15.4 Å². The van der Waals surface area contributed by atoms with Gasteiger partial charge >= 0.3 is 0 Å². The van der Waals surface area contributed by atoms with Crippen molar-refractivity contribution in [1.29, 1.82) is 0 Å². The second-order valence-corrected chi connectivity index (χ2v) is 3.73. The van der Waals surface area contributed by atoms with Gasteiger partial charge in [-0.1, -0.05) is 24.2 Å². The second-order valence-electron chi connectivity index (χ2n) is 3.73. The van der Waals surface area contributed by atoms with E-state index in [-0.39, 0.29) is 11.5 Å². The first kappa shape index (κ1) is 15.6. The summed E-state index contributed by atoms with van der Waals surface area (Å²) in [6, 6.07) is 0. The maximum absolute atomic E-state index is 11.5. The van der Waals surface area contributed by atoms with Crippen molar-refractivity contribution in [2.45, 2.75) is 26.7 Å². The molecule has 1 rings (SSSR count). The summed E-state index contributed by atoms with van der Waals surface area (Å²) in [5, 5.41) is 11.4. The molecule has 0 aromatic carbocycles. The smallest absolute Gasteiger partial charge is 0.274 e. The van der Waals surface area contributed by atoms with Crippen molar-refractivity contribution in [1.82, 2.24) is 14.8 Å². The van der Waals surface area contributed by atoms with Gasteiger partial charge < -0.3 is 15.4 Å². The molecule has 9 heteroatoms. The van der Waals surface area contributed by atoms with Gasteiger partial charge in [-0.3, -0.25) is 4.79 Å². The molecule has 0 saturated carbocycles. The van der Waals surface area contributed by atoms with E-state index < -0.39 is 5.91 Å². The van der Waals surface area contributed by atoms with Gasteiger partial charge in [0.15, 0.2) is 0 Å². The van der Waals surface area contributed by atoms with Crippen LogP contribution in [0.4, 0.5) is 0 Å². The van der Waals surface area contributed by atoms with Crippen LogP contribution in [-0.4, -0.2) is 45.4 Å². The lowest BCUT2D eigenvalue weighted by Crippen LogP contribution is -2.35. The number of nitrogens with two attached hydrogens (primary N) is 1. The van der Waals surface area contributed by atoms with Crippen molar-refractivity contribution in [2.24, 2.45) is 16.0 Å². The number of primary amides is 1. The maximum atomic E-state index is 11.5. The molecule has 2 N–H and O–H groups in total. The van der Waals surface area contributed by atoms with Crippen LogP contribution in [0.3, 0.4) is 0 Å². The van der Waals surface area contributed by atoms with Gasteiger partial charge in [0.25, 0.3) is 5.91 Å². The van der Waals surface area contributed by atoms with E-state index in [9.17, 15) is 4.79 Å². The third kappa shape index (κ3) is 4.67. The monoisotopic (exact) mass is 282 g/mol. The summed E-state index contributed by atoms with van der Waals surface area (Å²) in [5.74, 6) is -0.769. The first-order chi connectivity index (χ1) is 9.70. The quantitative estimate of drug-likeness (QED) is 0.315. The Morgan fingerprint density at radius 2 is 1.90 bits per heavy atom. The van der Waals surface area contributed by atoms with Crippen LogP contribution in [0.15, 0.2) is 23.0 Å². The van der Waals surface area contributed by atoms with Crippen LogP contribution in [-0.2, 0) is 14.5 Å². The van der Waals surface area contributed by atoms with Gasteiger partial charge in [0.2, 0.25) is 11.5 Å². The van der Waals surface area contributed by atoms with Crippen molar-refractivity contribution in [2.75, 3.05) is 13.2 Å². The third-order valence-corrected chi connectivity index (χ3v) is 1.98. The first-order valence-corrected chi connectivity index (χ1v) is 6.25. The Morgan fingerprint density at radius 1 is 1.25 bits per heavy atom. The number of carbonyl (C=O) groups is 1. The van der Waals surface area contributed by atoms with E-state index in [1.165, 1.54) is 17.3 Å². The molecule has 0 aliphatic rings. The number of nitrogens with zero attached hydrogens (tertiary/aromatic N) is 5. The minimum atomic E-state index is -0.796. The summed E-state index contributed by atoms with van der Waals surface area (Å²) in [5.41, 5.74) is 5.10. The Morgan fingerprint density at radius 3 is 2.40 bits per heavy atom. The molecule has 0 spiro atoms. The zero-order valence-corrected chi connectivity index (χ0v) is 11.5. The van der Waals surface area contributed by atoms with Gasteiger partial charge in [0, 0.05) is 0 Å². The predicted molar refractivity (Wildman–Crippen MR) is 72.0 cm³/mol. The Bertz CT molecular complexity index is 469. The first-order valence-electron chi connectivity index (χ1n) is 6.25. The third-order valence-electron chi connectivity index (χ3n) is 1.98. The second kappa shape index (κ2) is 8.62. The molecule has 0 atom stereocenters. The van der Waals surface area contributed by atoms with Crippen molar-refractivity contribution in [3.05, 3.63) is 12.7 Å². The number of amides is 1. The molecule has 20 heavy (non-hydrogen) atoms. The molecule has 1 amide bonds. The van der Waals surface area contributed by atoms with Gasteiger partial charge in [-0.2, -0.15) is 9.78 Å². The number of hydrogen-bond acceptors (Lipinski definition) is 7. The molecule has 9 nitrogen and oxygen atoms in total. The molecule has 0 saturated heterocycles. The van der Waals surface area contributed by atoms with Gasteiger partial charge in [-0.05, 0) is 12.8 Å². The molecule has 0 fully saturated rings. The molecule has 1 heterocycles. The summed E-state index contributed by atoms with van der Waals surface area (Å²) in [6.45, 7) is 4.59. The van der Waals surface area contributed by atoms with Crippen LogP contribution in [0.1, 0.15) is 26.7 Å². The Balaban J connectivity index is 3.02. The number of rotatable bonds is 8. The molecule has 1 aromatic rings. The van der Waals surface area contributed by atoms with Crippen LogP contribution in [0.25, 0.3) is 0 Å². The summed E-state index contributed by atoms with van der Waals surface area (Å²) < 4.78 is 1.23. The predicted octanol–water partition coefficient (Wildman–Crippen LogP) is 0.134. The van der Waals surface area contributed by atoms with Gasteiger partial charge in [-0.15, -0.1) is 0 Å². The highest BCUT2D eigenvalue weighted by molar-refractivity contribution is 6.66. The van der Waals surface area contributed by atoms with E-state index >= 15 is 0 Å². The molecule has 0 radical (unpaired) electrons. The Labute approximate surface area is 116 Å². The van der Waals surface area contributed by atoms with Crippen molar-refractivity contribution in [3.8, 4) is 0 Å². The summed E-state index contributed by atoms with van der Waals surface area (Å²) >= 11 is 0. The zero-order valence-electron chi connectivity index (χ0n) is 11.5. The highest BCUT2D eigenvalue weighted by Gasteiger charge is 2.20. The number of oxime groups is 2. The number of aromatic nitrogens is 3. The summed E-state index contributed by atoms with van der Waals surface area (Å²) in [4.78, 5) is 25.3. The fraction of sp³-hybridized carbons (Fsp3) is 0.545. The lowest BCUT2D eigenvalue weighted by molar-refractivity contribution is -0.112. The average molecular weight is 282 g/mol. The van der Waals surface area contributed by atoms with E-state index in [2.05, 4.69) is 20.4 Å². The normalized spacial score (nSPS) is 12.3. The largest absolute Gasteiger partial charge is 0.395 e. The van der Waals surface area contributed by atoms with Crippen LogP contribution >= 0.6 is 0 Å². The van der Waals surface area contributed by atoms with Crippen molar-refractivity contribution < 1.29 is 14.5 Å². The summed E-state index contributed by atoms with van der Waals surface area (Å²) in [7, 11) is 0. The van der Waals surface area contributed by atoms with Crippen LogP contribution < -0.4 is 5.73 Å². The molecule has 0 aliphatic carbocycles. The number of carbonyl (C=O) groups excluding carboxylic acids is 1. The van der Waals surface area contributed by atoms with E-state index in [1.54, 1.807) is 0 Å². The minimum Gasteiger partial charge on any atom is -0.395 e. The van der Waals surface area contributed by atoms with E-state index in [1.807, 2.05) is 13.8 Å². The zero-order chi connectivity index (χ0) is 14.8. The van der Waals surface area contributed by atoms with Crippen LogP contribution in [0, 0.1) is 0 Å². The van der Waals surface area contributed by atoms with Gasteiger partial charge in [0.1, 0.15) is 25.9 Å². The van der Waals surface area contributed by atoms with Crippen molar-refractivity contribution in [3.63, 3.8) is 0 Å². The average Bonchev–Trinajstić information content (AvgIpc) is 2.94. The lowest BCUT2D eigenvalue weighted by atomic mass is 10.3. The highest BCUT2D eigenvalue weighted by atomic mass is 16.6. The fourth-order valence-corrected chi connectivity index (χ4v) is 1.11. The molecule has 0 unspecified atom stereocenters. The van der Waals surface area contributed by atoms with Crippen LogP contribution in [0.5, 0.6) is 0 Å². The number of hydrogen-bond donors (Lipinski definition) is 1.